The topological polar surface area (TPSA) is 47.6 Å². The highest BCUT2D eigenvalue weighted by Crippen LogP contribution is 2.20. The van der Waals surface area contributed by atoms with Gasteiger partial charge in [0.15, 0.2) is 11.6 Å². The van der Waals surface area contributed by atoms with Gasteiger partial charge in [-0.25, -0.2) is 4.39 Å². The molecule has 1 saturated heterocycles. The zero-order valence-electron chi connectivity index (χ0n) is 9.48. The van der Waals surface area contributed by atoms with Crippen molar-refractivity contribution < 1.29 is 18.7 Å². The highest BCUT2D eigenvalue weighted by atomic mass is 19.1. The van der Waals surface area contributed by atoms with Crippen molar-refractivity contribution >= 4 is 5.97 Å². The summed E-state index contributed by atoms with van der Waals surface area (Å²) in [4.78, 5) is 11.3. The van der Waals surface area contributed by atoms with Gasteiger partial charge in [0.2, 0.25) is 0 Å². The molecule has 2 rings (SSSR count). The van der Waals surface area contributed by atoms with Gasteiger partial charge in [-0.1, -0.05) is 12.1 Å². The van der Waals surface area contributed by atoms with Gasteiger partial charge in [0.25, 0.3) is 0 Å². The maximum Gasteiger partial charge on any atom is 0.323 e. The lowest BCUT2D eigenvalue weighted by molar-refractivity contribution is -0.142. The van der Waals surface area contributed by atoms with Gasteiger partial charge in [-0.2, -0.15) is 0 Å². The zero-order valence-corrected chi connectivity index (χ0v) is 9.48. The second-order valence-corrected chi connectivity index (χ2v) is 3.89. The Morgan fingerprint density at radius 1 is 1.47 bits per heavy atom. The first-order valence-electron chi connectivity index (χ1n) is 5.43. The van der Waals surface area contributed by atoms with Crippen LogP contribution in [0.25, 0.3) is 0 Å². The summed E-state index contributed by atoms with van der Waals surface area (Å²) in [5.74, 6) is -0.497. The minimum Gasteiger partial charge on any atom is -0.486 e. The van der Waals surface area contributed by atoms with Crippen LogP contribution in [-0.4, -0.2) is 31.8 Å². The molecule has 4 nitrogen and oxygen atoms in total. The number of carbonyl (C=O) groups excluding carboxylic acids is 1. The van der Waals surface area contributed by atoms with E-state index in [-0.39, 0.29) is 23.9 Å². The molecule has 0 aliphatic carbocycles. The van der Waals surface area contributed by atoms with Crippen LogP contribution < -0.4 is 10.1 Å². The van der Waals surface area contributed by atoms with E-state index in [9.17, 15) is 9.18 Å². The van der Waals surface area contributed by atoms with E-state index in [0.29, 0.717) is 13.0 Å². The third-order valence-electron chi connectivity index (χ3n) is 2.71. The number of halogens is 1. The molecule has 1 aliphatic heterocycles. The molecule has 0 saturated carbocycles. The number of ether oxygens (including phenoxy) is 2. The van der Waals surface area contributed by atoms with Crippen LogP contribution in [0.2, 0.25) is 0 Å². The minimum absolute atomic E-state index is 0.212. The Morgan fingerprint density at radius 2 is 2.24 bits per heavy atom. The molecular formula is C12H14FNO3. The Morgan fingerprint density at radius 3 is 2.94 bits per heavy atom. The van der Waals surface area contributed by atoms with Crippen molar-refractivity contribution in [3.05, 3.63) is 30.1 Å². The van der Waals surface area contributed by atoms with Gasteiger partial charge in [-0.3, -0.25) is 4.79 Å². The number of carbonyl (C=O) groups is 1. The summed E-state index contributed by atoms with van der Waals surface area (Å²) in [7, 11) is 1.34. The molecule has 1 aromatic rings. The lowest BCUT2D eigenvalue weighted by atomic mass is 10.2. The predicted octanol–water partition coefficient (Wildman–Crippen LogP) is 1.11. The zero-order chi connectivity index (χ0) is 12.3. The van der Waals surface area contributed by atoms with Crippen LogP contribution in [0, 0.1) is 5.82 Å². The largest absolute Gasteiger partial charge is 0.486 e. The Labute approximate surface area is 98.7 Å². The van der Waals surface area contributed by atoms with Crippen LogP contribution in [0.4, 0.5) is 4.39 Å². The molecule has 0 aromatic heterocycles. The number of rotatable bonds is 3. The lowest BCUT2D eigenvalue weighted by Crippen LogP contribution is -2.31. The maximum absolute atomic E-state index is 13.3. The molecule has 0 radical (unpaired) electrons. The van der Waals surface area contributed by atoms with Crippen molar-refractivity contribution in [2.45, 2.75) is 18.6 Å². The number of methoxy groups -OCH3 is 1. The fourth-order valence-electron chi connectivity index (χ4n) is 1.83. The van der Waals surface area contributed by atoms with E-state index in [0.717, 1.165) is 0 Å². The van der Waals surface area contributed by atoms with E-state index in [1.807, 2.05) is 0 Å². The van der Waals surface area contributed by atoms with Crippen LogP contribution >= 0.6 is 0 Å². The summed E-state index contributed by atoms with van der Waals surface area (Å²) in [6.45, 7) is 0.508. The first kappa shape index (κ1) is 11.9. The van der Waals surface area contributed by atoms with E-state index in [2.05, 4.69) is 10.1 Å². The normalized spacial score (nSPS) is 23.4. The van der Waals surface area contributed by atoms with Crippen molar-refractivity contribution in [2.24, 2.45) is 0 Å². The predicted molar refractivity (Wildman–Crippen MR) is 59.2 cm³/mol. The monoisotopic (exact) mass is 239 g/mol. The van der Waals surface area contributed by atoms with E-state index in [1.165, 1.54) is 13.2 Å². The summed E-state index contributed by atoms with van der Waals surface area (Å²) in [6, 6.07) is 5.86. The van der Waals surface area contributed by atoms with Crippen molar-refractivity contribution in [2.75, 3.05) is 13.7 Å². The second kappa shape index (κ2) is 5.14. The number of hydrogen-bond donors (Lipinski definition) is 1. The lowest BCUT2D eigenvalue weighted by Gasteiger charge is -2.13. The van der Waals surface area contributed by atoms with Gasteiger partial charge >= 0.3 is 5.97 Å². The molecule has 0 unspecified atom stereocenters. The Hall–Kier alpha value is -1.62. The average Bonchev–Trinajstić information content (AvgIpc) is 2.80. The fraction of sp³-hybridized carbons (Fsp3) is 0.417. The highest BCUT2D eigenvalue weighted by Gasteiger charge is 2.31. The van der Waals surface area contributed by atoms with Crippen LogP contribution in [-0.2, 0) is 9.53 Å². The average molecular weight is 239 g/mol. The molecular weight excluding hydrogens is 225 g/mol. The molecule has 2 atom stereocenters. The standard InChI is InChI=1S/C12H14FNO3/c1-16-12(15)10-6-8(7-14-10)17-11-5-3-2-4-9(11)13/h2-5,8,10,14H,6-7H2,1H3/t8-,10+/m0/s1. The van der Waals surface area contributed by atoms with Gasteiger partial charge in [0, 0.05) is 13.0 Å². The van der Waals surface area contributed by atoms with Gasteiger partial charge in [0.05, 0.1) is 7.11 Å². The van der Waals surface area contributed by atoms with E-state index in [1.54, 1.807) is 18.2 Å². The maximum atomic E-state index is 13.3. The molecule has 1 aromatic carbocycles. The molecule has 1 N–H and O–H groups in total. The first-order chi connectivity index (χ1) is 8.20. The van der Waals surface area contributed by atoms with Gasteiger partial charge in [0.1, 0.15) is 12.1 Å². The first-order valence-corrected chi connectivity index (χ1v) is 5.43. The number of esters is 1. The van der Waals surface area contributed by atoms with Gasteiger partial charge in [-0.15, -0.1) is 0 Å². The van der Waals surface area contributed by atoms with Gasteiger partial charge in [-0.05, 0) is 12.1 Å². The van der Waals surface area contributed by atoms with Crippen LogP contribution in [0.3, 0.4) is 0 Å². The van der Waals surface area contributed by atoms with E-state index < -0.39 is 5.82 Å². The molecule has 0 spiro atoms. The SMILES string of the molecule is COC(=O)[C@H]1C[C@H](Oc2ccccc2F)CN1. The smallest absolute Gasteiger partial charge is 0.323 e. The van der Waals surface area contributed by atoms with Crippen molar-refractivity contribution in [1.82, 2.24) is 5.32 Å². The molecule has 5 heteroatoms. The van der Waals surface area contributed by atoms with Crippen LogP contribution in [0.1, 0.15) is 6.42 Å². The molecule has 1 heterocycles. The third-order valence-corrected chi connectivity index (χ3v) is 2.71. The molecule has 0 amide bonds. The Balaban J connectivity index is 1.94. The van der Waals surface area contributed by atoms with Gasteiger partial charge < -0.3 is 14.8 Å². The quantitative estimate of drug-likeness (QED) is 0.803. The summed E-state index contributed by atoms with van der Waals surface area (Å²) in [5, 5.41) is 2.98. The highest BCUT2D eigenvalue weighted by molar-refractivity contribution is 5.76. The molecule has 1 aliphatic rings. The van der Waals surface area contributed by atoms with Crippen molar-refractivity contribution in [1.29, 1.82) is 0 Å². The summed E-state index contributed by atoms with van der Waals surface area (Å²) in [6.07, 6.45) is 0.275. The Bertz CT molecular complexity index is 410. The summed E-state index contributed by atoms with van der Waals surface area (Å²) in [5.41, 5.74) is 0. The van der Waals surface area contributed by atoms with Crippen molar-refractivity contribution in [3.8, 4) is 5.75 Å². The second-order valence-electron chi connectivity index (χ2n) is 3.89. The summed E-state index contributed by atoms with van der Waals surface area (Å²) >= 11 is 0. The third kappa shape index (κ3) is 2.74. The number of benzene rings is 1. The van der Waals surface area contributed by atoms with E-state index >= 15 is 0 Å². The van der Waals surface area contributed by atoms with Crippen LogP contribution in [0.15, 0.2) is 24.3 Å². The minimum atomic E-state index is -0.394. The fourth-order valence-corrected chi connectivity index (χ4v) is 1.83. The number of hydrogen-bond acceptors (Lipinski definition) is 4. The van der Waals surface area contributed by atoms with E-state index in [4.69, 9.17) is 4.74 Å². The van der Waals surface area contributed by atoms with Crippen LogP contribution in [0.5, 0.6) is 5.75 Å². The molecule has 17 heavy (non-hydrogen) atoms. The van der Waals surface area contributed by atoms with Crippen molar-refractivity contribution in [3.63, 3.8) is 0 Å². The Kier molecular flexibility index (Phi) is 3.58. The summed E-state index contributed by atoms with van der Waals surface area (Å²) < 4.78 is 23.4. The molecule has 1 fully saturated rings. The number of nitrogens with one attached hydrogen (secondary N) is 1. The number of para-hydroxylation sites is 1. The molecule has 0 bridgehead atoms. The molecule has 92 valence electrons.